The average molecular weight is 1640 g/mol. The van der Waals surface area contributed by atoms with Crippen LogP contribution in [-0.4, -0.2) is 340 Å². The maximum atomic E-state index is 14.5. The molecule has 3 heterocycles. The van der Waals surface area contributed by atoms with Gasteiger partial charge in [0.1, 0.15) is 61.4 Å². The van der Waals surface area contributed by atoms with Gasteiger partial charge in [0.2, 0.25) is 29.5 Å². The van der Waals surface area contributed by atoms with Crippen molar-refractivity contribution < 1.29 is 137 Å². The van der Waals surface area contributed by atoms with Gasteiger partial charge in [0.05, 0.1) is 82.1 Å². The Kier molecular flexibility index (Phi) is 41.4. The van der Waals surface area contributed by atoms with Crippen molar-refractivity contribution in [3.63, 3.8) is 0 Å². The Morgan fingerprint density at radius 2 is 1.03 bits per heavy atom. The van der Waals surface area contributed by atoms with E-state index in [0.717, 1.165) is 12.5 Å². The largest absolute Gasteiger partial charge is 0.487 e. The summed E-state index contributed by atoms with van der Waals surface area (Å²) in [5, 5.41) is 118. The molecule has 4 rings (SSSR count). The minimum absolute atomic E-state index is 0.00232. The van der Waals surface area contributed by atoms with E-state index in [2.05, 4.69) is 41.9 Å². The summed E-state index contributed by atoms with van der Waals surface area (Å²) in [5.41, 5.74) is -3.22. The highest BCUT2D eigenvalue weighted by atomic mass is 16.5. The molecule has 45 heteroatoms. The van der Waals surface area contributed by atoms with Gasteiger partial charge in [-0.05, 0) is 83.0 Å². The molecule has 2 atom stereocenters. The highest BCUT2D eigenvalue weighted by Gasteiger charge is 2.41. The highest BCUT2D eigenvalue weighted by Crippen LogP contribution is 2.23. The van der Waals surface area contributed by atoms with Gasteiger partial charge in [-0.2, -0.15) is 0 Å². The normalized spacial score (nSPS) is 13.9. The lowest BCUT2D eigenvalue weighted by Gasteiger charge is -2.33. The number of hydrogen-bond donors (Lipinski definition) is 16. The van der Waals surface area contributed by atoms with Crippen molar-refractivity contribution in [3.05, 3.63) is 59.9 Å². The summed E-state index contributed by atoms with van der Waals surface area (Å²) in [6, 6.07) is 2.80. The number of carboxylic acids is 10. The number of imidazole rings is 1. The Bertz CT molecular complexity index is 3770. The van der Waals surface area contributed by atoms with Crippen LogP contribution in [0, 0.1) is 0 Å². The third kappa shape index (κ3) is 40.3. The predicted molar refractivity (Wildman–Crippen MR) is 398 cm³/mol. The first-order valence-electron chi connectivity index (χ1n) is 37.2. The topological polar surface area (TPSA) is 642 Å². The van der Waals surface area contributed by atoms with Crippen LogP contribution in [0.4, 0.5) is 4.79 Å². The Morgan fingerprint density at radius 3 is 1.54 bits per heavy atom. The summed E-state index contributed by atoms with van der Waals surface area (Å²) in [6.07, 6.45) is 0.172. The number of hydrogen-bond acceptors (Lipinski definition) is 26. The second-order valence-corrected chi connectivity index (χ2v) is 28.4. The Balaban J connectivity index is 1.47. The molecule has 0 radical (unpaired) electrons. The summed E-state index contributed by atoms with van der Waals surface area (Å²) >= 11 is 0. The number of ketones is 1. The molecule has 7 amide bonds. The van der Waals surface area contributed by atoms with Crippen LogP contribution < -0.4 is 36.6 Å². The number of nitrogens with one attached hydrogen (secondary N) is 6. The molecule has 1 aliphatic rings. The van der Waals surface area contributed by atoms with Gasteiger partial charge in [-0.15, -0.1) is 5.10 Å². The lowest BCUT2D eigenvalue weighted by Crippen LogP contribution is -2.57. The molecule has 642 valence electrons. The van der Waals surface area contributed by atoms with Gasteiger partial charge < -0.3 is 97.2 Å². The van der Waals surface area contributed by atoms with E-state index in [-0.39, 0.29) is 108 Å². The molecule has 1 aliphatic heterocycles. The van der Waals surface area contributed by atoms with Gasteiger partial charge in [-0.1, -0.05) is 23.8 Å². The number of aliphatic carboxylic acids is 10. The minimum Gasteiger partial charge on any atom is -0.487 e. The van der Waals surface area contributed by atoms with E-state index in [1.165, 1.54) is 23.9 Å². The molecule has 1 saturated heterocycles. The van der Waals surface area contributed by atoms with E-state index in [0.29, 0.717) is 107 Å². The molecular formula is C71H105N17O28. The number of aryl methyl sites for hydroxylation is 1. The van der Waals surface area contributed by atoms with Crippen molar-refractivity contribution in [2.45, 2.75) is 166 Å². The van der Waals surface area contributed by atoms with Crippen molar-refractivity contribution in [1.29, 1.82) is 0 Å². The number of rotatable bonds is 55. The maximum absolute atomic E-state index is 14.5. The molecule has 1 aromatic carbocycles. The van der Waals surface area contributed by atoms with Crippen molar-refractivity contribution in [2.24, 2.45) is 0 Å². The number of benzene rings is 1. The molecule has 0 aliphatic carbocycles. The van der Waals surface area contributed by atoms with Gasteiger partial charge in [0.25, 0.3) is 0 Å². The minimum atomic E-state index is -2.46. The number of unbranched alkanes of at least 4 members (excludes halogenated alkanes) is 3. The van der Waals surface area contributed by atoms with Crippen LogP contribution in [0.5, 0.6) is 5.75 Å². The number of aromatic nitrogens is 5. The fourth-order valence-electron chi connectivity index (χ4n) is 12.6. The molecule has 1 fully saturated rings. The van der Waals surface area contributed by atoms with Gasteiger partial charge in [0.15, 0.2) is 0 Å². The van der Waals surface area contributed by atoms with Gasteiger partial charge in [-0.3, -0.25) is 96.3 Å². The van der Waals surface area contributed by atoms with E-state index in [9.17, 15) is 127 Å². The Labute approximate surface area is 665 Å². The number of urea groups is 1. The average Bonchev–Trinajstić information content (AvgIpc) is 0.914. The van der Waals surface area contributed by atoms with Crippen LogP contribution >= 0.6 is 0 Å². The van der Waals surface area contributed by atoms with Crippen LogP contribution in [0.1, 0.15) is 127 Å². The van der Waals surface area contributed by atoms with Crippen LogP contribution in [0.25, 0.3) is 0 Å². The molecule has 3 aromatic rings. The number of carboxylic acid groups (broad SMARTS) is 10. The molecule has 0 unspecified atom stereocenters. The van der Waals surface area contributed by atoms with Crippen molar-refractivity contribution in [1.82, 2.24) is 85.8 Å². The summed E-state index contributed by atoms with van der Waals surface area (Å²) < 4.78 is 8.99. The molecule has 45 nitrogen and oxygen atoms in total. The second kappa shape index (κ2) is 49.7. The third-order valence-electron chi connectivity index (χ3n) is 18.0. The molecule has 0 spiro atoms. The first-order chi connectivity index (χ1) is 54.7. The summed E-state index contributed by atoms with van der Waals surface area (Å²) in [6.45, 7) is 3.15. The first kappa shape index (κ1) is 96.5. The predicted octanol–water partition coefficient (Wildman–Crippen LogP) is -2.61. The number of nitrogens with zero attached hydrogens (tertiary/aromatic N) is 11. The molecular weight excluding hydrogens is 1540 g/mol. The molecule has 116 heavy (non-hydrogen) atoms. The van der Waals surface area contributed by atoms with E-state index < -0.39 is 171 Å². The lowest BCUT2D eigenvalue weighted by molar-refractivity contribution is -0.148. The summed E-state index contributed by atoms with van der Waals surface area (Å²) in [7, 11) is 0. The van der Waals surface area contributed by atoms with E-state index in [4.69, 9.17) is 9.84 Å². The smallest absolute Gasteiger partial charge is 0.326 e. The van der Waals surface area contributed by atoms with E-state index in [1.807, 2.05) is 20.0 Å². The van der Waals surface area contributed by atoms with Crippen molar-refractivity contribution in [2.75, 3.05) is 111 Å². The quantitative estimate of drug-likeness (QED) is 0.0258. The molecule has 16 N–H and O–H groups in total. The van der Waals surface area contributed by atoms with Crippen molar-refractivity contribution in [3.8, 4) is 5.75 Å². The SMILES string of the molecule is CC(=O)CN1CCN(CC(=O)O)CCN(CC(=O)NCCCn2cc(COc3ccc(CN(CCCCCC(=O)NCCCC[C@H](NC(=O)N[C@@H](CCC(=O)O)C(=O)O)C(=O)O)Cc4nccn4CC(=O)N(CC(=O)NC(C)(CC(=O)O)CC(=O)O)CC(=O)NC(CC(=O)O)(CC(=O)O)CC(=O)O)cc3)nn2)CCN(CC(=O)O)CC1. The summed E-state index contributed by atoms with van der Waals surface area (Å²) in [4.78, 5) is 224. The standard InChI is InChI=1S/C71H105N17O28/c1-47(89)36-81-23-27-83(44-65(107)108)29-25-82(26-30-84(28-24-81)45-66(109)110)40-55(91)74-18-8-21-88-38-49(79-80-88)46-116-50-13-11-48(12-14-50)37-85(20-7-3-4-10-54(90)73-17-6-5-9-51(67(111)112)75-69(115)76-52(68(113)114)15-16-59(95)96)39-53-72-19-22-86(53)43-58(94)87(41-56(92)77-70(2,31-60(97)98)32-61(99)100)42-57(93)78-71(33-62(101)102,34-63(103)104)35-64(105)106/h11-14,19,22,38,51-52H,3-10,15-18,20-21,23-37,39-46H2,1-2H3,(H,73,90)(H,74,91)(H,77,92)(H,78,93)(H,95,96)(H,97,98)(H,99,100)(H,101,102)(H,103,104)(H,105,106)(H,107,108)(H,109,110)(H,111,112)(H,113,114)(H2,75,76,115)/t51-,52-/m0/s1. The fourth-order valence-corrected chi connectivity index (χ4v) is 12.6. The van der Waals surface area contributed by atoms with Gasteiger partial charge >= 0.3 is 65.7 Å². The zero-order valence-electron chi connectivity index (χ0n) is 64.6. The zero-order valence-corrected chi connectivity index (χ0v) is 64.6. The number of amides is 7. The Hall–Kier alpha value is -11.8. The third-order valence-corrected chi connectivity index (χ3v) is 18.0. The number of Topliss-reactive ketones (excluding diaryl/α,β-unsaturated/α-hetero) is 1. The number of carbonyl (C=O) groups excluding carboxylic acids is 7. The molecule has 0 saturated carbocycles. The monoisotopic (exact) mass is 1640 g/mol. The van der Waals surface area contributed by atoms with Crippen LogP contribution in [-0.2, 0) is 109 Å². The first-order valence-corrected chi connectivity index (χ1v) is 37.2. The highest BCUT2D eigenvalue weighted by molar-refractivity contribution is 5.91. The number of carbonyl (C=O) groups is 17. The maximum Gasteiger partial charge on any atom is 0.326 e. The Morgan fingerprint density at radius 1 is 0.517 bits per heavy atom. The lowest BCUT2D eigenvalue weighted by atomic mass is 9.87. The van der Waals surface area contributed by atoms with Crippen LogP contribution in [0.2, 0.25) is 0 Å². The summed E-state index contributed by atoms with van der Waals surface area (Å²) in [5.74, 6) is -18.0. The van der Waals surface area contributed by atoms with Gasteiger partial charge in [0, 0.05) is 104 Å². The second-order valence-electron chi connectivity index (χ2n) is 28.4. The van der Waals surface area contributed by atoms with Crippen LogP contribution in [0.15, 0.2) is 42.9 Å². The van der Waals surface area contributed by atoms with Crippen molar-refractivity contribution >= 4 is 101 Å². The molecule has 2 aromatic heterocycles. The molecule has 0 bridgehead atoms. The number of ether oxygens (including phenoxy) is 1. The zero-order chi connectivity index (χ0) is 86.1. The van der Waals surface area contributed by atoms with E-state index >= 15 is 0 Å². The van der Waals surface area contributed by atoms with E-state index in [1.54, 1.807) is 44.9 Å². The van der Waals surface area contributed by atoms with Gasteiger partial charge in [-0.25, -0.2) is 19.4 Å². The fraction of sp³-hybridized carbons (Fsp3) is 0.606. The van der Waals surface area contributed by atoms with Crippen LogP contribution in [0.3, 0.4) is 0 Å².